The highest BCUT2D eigenvalue weighted by atomic mass is 16.5. The third-order valence-corrected chi connectivity index (χ3v) is 12.3. The van der Waals surface area contributed by atoms with Crippen LogP contribution in [-0.2, 0) is 4.74 Å². The fraction of sp³-hybridized carbons (Fsp3) is 0.636. The summed E-state index contributed by atoms with van der Waals surface area (Å²) in [6.45, 7) is 5.54. The molecule has 8 atom stereocenters. The van der Waals surface area contributed by atoms with E-state index >= 15 is 0 Å². The van der Waals surface area contributed by atoms with Crippen molar-refractivity contribution in [3.8, 4) is 0 Å². The number of hydrogen-bond acceptors (Lipinski definition) is 5. The number of benzene rings is 1. The Balaban J connectivity index is 0.997. The topological polar surface area (TPSA) is 80.0 Å². The summed E-state index contributed by atoms with van der Waals surface area (Å²) in [7, 11) is 0. The molecule has 2 aromatic rings. The molecule has 4 saturated carbocycles. The van der Waals surface area contributed by atoms with E-state index in [-0.39, 0.29) is 28.7 Å². The Hall–Kier alpha value is -2.44. The van der Waals surface area contributed by atoms with Gasteiger partial charge in [-0.3, -0.25) is 14.5 Å². The Bertz CT molecular complexity index is 1240. The van der Waals surface area contributed by atoms with Gasteiger partial charge in [0.1, 0.15) is 0 Å². The second-order valence-corrected chi connectivity index (χ2v) is 13.6. The molecule has 1 N–H and O–H groups in total. The van der Waals surface area contributed by atoms with Crippen LogP contribution in [0, 0.1) is 28.6 Å². The molecule has 4 fully saturated rings. The summed E-state index contributed by atoms with van der Waals surface area (Å²) in [4.78, 5) is 26.7. The molecule has 7 rings (SSSR count). The van der Waals surface area contributed by atoms with Gasteiger partial charge < -0.3 is 14.3 Å². The van der Waals surface area contributed by atoms with E-state index in [1.165, 1.54) is 16.9 Å². The van der Waals surface area contributed by atoms with Gasteiger partial charge in [0.05, 0.1) is 48.5 Å². The summed E-state index contributed by atoms with van der Waals surface area (Å²) >= 11 is 0. The molecule has 0 spiro atoms. The lowest BCUT2D eigenvalue weighted by Crippen LogP contribution is -2.62. The van der Waals surface area contributed by atoms with Gasteiger partial charge >= 0.3 is 0 Å². The van der Waals surface area contributed by atoms with E-state index in [9.17, 15) is 14.7 Å². The van der Waals surface area contributed by atoms with Crippen LogP contribution >= 0.6 is 0 Å². The molecule has 1 aliphatic heterocycles. The fourth-order valence-electron chi connectivity index (χ4n) is 10.1. The Labute approximate surface area is 231 Å². The lowest BCUT2D eigenvalue weighted by molar-refractivity contribution is -0.207. The van der Waals surface area contributed by atoms with Crippen molar-refractivity contribution in [2.75, 3.05) is 13.2 Å². The summed E-state index contributed by atoms with van der Waals surface area (Å²) in [6, 6.07) is 9.15. The molecule has 0 saturated heterocycles. The molecule has 0 radical (unpaired) electrons. The van der Waals surface area contributed by atoms with E-state index in [0.717, 1.165) is 51.4 Å². The van der Waals surface area contributed by atoms with E-state index in [1.807, 2.05) is 6.26 Å². The third kappa shape index (κ3) is 3.59. The molecule has 3 unspecified atom stereocenters. The maximum atomic E-state index is 12.7. The Morgan fingerprint density at radius 2 is 1.72 bits per heavy atom. The zero-order valence-electron chi connectivity index (χ0n) is 23.2. The van der Waals surface area contributed by atoms with E-state index in [0.29, 0.717) is 48.0 Å². The number of furan rings is 1. The normalized spacial score (nSPS) is 41.2. The van der Waals surface area contributed by atoms with Crippen LogP contribution in [0.5, 0.6) is 0 Å². The van der Waals surface area contributed by atoms with Gasteiger partial charge in [-0.1, -0.05) is 26.0 Å². The number of imide groups is 1. The largest absolute Gasteiger partial charge is 0.472 e. The predicted molar refractivity (Wildman–Crippen MR) is 146 cm³/mol. The molecular formula is C33H41NO5. The number of carbonyl (C=O) groups is 2. The van der Waals surface area contributed by atoms with Crippen molar-refractivity contribution in [2.24, 2.45) is 28.6 Å². The zero-order chi connectivity index (χ0) is 27.0. The summed E-state index contributed by atoms with van der Waals surface area (Å²) in [5.41, 5.74) is 1.78. The molecule has 5 aliphatic rings. The predicted octanol–water partition coefficient (Wildman–Crippen LogP) is 6.20. The standard InChI is InChI=1S/C33H41NO5/c1-31-13-9-23(39-18-16-34-29(35)24-5-3-4-6-25(24)30(34)36)19-22(31)7-8-28-27(31)10-14-32(2)26(11-15-33(28,32)37)21-12-17-38-20-21/h3-6,12,17,20,22-23,26-28,37H,7-11,13-16,18-19H2,1-2H3/t22?,23?,26?,27-,28-,31+,32-,33-/m1/s1. The molecule has 2 amide bonds. The van der Waals surface area contributed by atoms with E-state index in [2.05, 4.69) is 19.9 Å². The third-order valence-electron chi connectivity index (χ3n) is 12.3. The number of nitrogens with zero attached hydrogens (tertiary/aromatic N) is 1. The molecule has 2 heterocycles. The summed E-state index contributed by atoms with van der Waals surface area (Å²) < 4.78 is 11.8. The van der Waals surface area contributed by atoms with Gasteiger partial charge in [-0.15, -0.1) is 0 Å². The van der Waals surface area contributed by atoms with Crippen molar-refractivity contribution >= 4 is 11.8 Å². The first-order valence-electron chi connectivity index (χ1n) is 15.1. The van der Waals surface area contributed by atoms with E-state index in [1.54, 1.807) is 30.5 Å². The van der Waals surface area contributed by atoms with Crippen LogP contribution in [0.4, 0.5) is 0 Å². The maximum Gasteiger partial charge on any atom is 0.261 e. The Morgan fingerprint density at radius 3 is 2.44 bits per heavy atom. The van der Waals surface area contributed by atoms with Gasteiger partial charge in [0, 0.05) is 5.41 Å². The minimum absolute atomic E-state index is 0.0916. The highest BCUT2D eigenvalue weighted by molar-refractivity contribution is 6.21. The summed E-state index contributed by atoms with van der Waals surface area (Å²) in [5.74, 6) is 1.46. The monoisotopic (exact) mass is 531 g/mol. The molecule has 0 bridgehead atoms. The molecule has 208 valence electrons. The first kappa shape index (κ1) is 25.5. The zero-order valence-corrected chi connectivity index (χ0v) is 23.2. The number of amides is 2. The van der Waals surface area contributed by atoms with Crippen LogP contribution in [0.3, 0.4) is 0 Å². The number of rotatable bonds is 5. The van der Waals surface area contributed by atoms with Crippen molar-refractivity contribution in [1.29, 1.82) is 0 Å². The van der Waals surface area contributed by atoms with Crippen LogP contribution in [-0.4, -0.2) is 46.7 Å². The van der Waals surface area contributed by atoms with Gasteiger partial charge in [-0.05, 0) is 111 Å². The molecule has 1 aromatic heterocycles. The van der Waals surface area contributed by atoms with Crippen molar-refractivity contribution < 1.29 is 23.8 Å². The van der Waals surface area contributed by atoms with Gasteiger partial charge in [0.25, 0.3) is 11.8 Å². The first-order valence-corrected chi connectivity index (χ1v) is 15.1. The van der Waals surface area contributed by atoms with E-state index < -0.39 is 5.60 Å². The smallest absolute Gasteiger partial charge is 0.261 e. The Morgan fingerprint density at radius 1 is 0.949 bits per heavy atom. The number of carbonyl (C=O) groups excluding carboxylic acids is 2. The highest BCUT2D eigenvalue weighted by Crippen LogP contribution is 2.70. The molecule has 6 nitrogen and oxygen atoms in total. The lowest BCUT2D eigenvalue weighted by atomic mass is 9.43. The maximum absolute atomic E-state index is 12.7. The number of hydrogen-bond donors (Lipinski definition) is 1. The minimum atomic E-state index is -0.606. The average molecular weight is 532 g/mol. The number of ether oxygens (including phenoxy) is 1. The van der Waals surface area contributed by atoms with Crippen molar-refractivity contribution in [3.05, 3.63) is 59.5 Å². The minimum Gasteiger partial charge on any atom is -0.472 e. The molecule has 6 heteroatoms. The quantitative estimate of drug-likeness (QED) is 0.465. The molecule has 1 aromatic carbocycles. The van der Waals surface area contributed by atoms with Crippen molar-refractivity contribution in [3.63, 3.8) is 0 Å². The second kappa shape index (κ2) is 9.04. The van der Waals surface area contributed by atoms with E-state index in [4.69, 9.17) is 9.15 Å². The summed E-state index contributed by atoms with van der Waals surface area (Å²) in [6.07, 6.45) is 13.4. The number of aliphatic hydroxyl groups is 1. The molecular weight excluding hydrogens is 490 g/mol. The van der Waals surface area contributed by atoms with Crippen LogP contribution in [0.25, 0.3) is 0 Å². The molecule has 4 aliphatic carbocycles. The second-order valence-electron chi connectivity index (χ2n) is 13.6. The van der Waals surface area contributed by atoms with Gasteiger partial charge in [0.2, 0.25) is 0 Å². The lowest BCUT2D eigenvalue weighted by Gasteiger charge is -2.63. The fourth-order valence-corrected chi connectivity index (χ4v) is 10.1. The highest BCUT2D eigenvalue weighted by Gasteiger charge is 2.67. The summed E-state index contributed by atoms with van der Waals surface area (Å²) in [5, 5.41) is 12.4. The first-order chi connectivity index (χ1) is 18.8. The van der Waals surface area contributed by atoms with Crippen LogP contribution in [0.15, 0.2) is 47.3 Å². The van der Waals surface area contributed by atoms with Gasteiger partial charge in [-0.2, -0.15) is 0 Å². The average Bonchev–Trinajstić information content (AvgIpc) is 3.62. The van der Waals surface area contributed by atoms with Crippen LogP contribution in [0.1, 0.15) is 104 Å². The SMILES string of the molecule is C[C@]12CCC(OCCN3C(=O)c4ccccc4C3=O)CC1CC[C@@H]1[C@H]2CC[C@]2(C)C(c3ccoc3)CC[C@@]12O. The van der Waals surface area contributed by atoms with Crippen LogP contribution < -0.4 is 0 Å². The van der Waals surface area contributed by atoms with Crippen molar-refractivity contribution in [2.45, 2.75) is 89.3 Å². The molecule has 39 heavy (non-hydrogen) atoms. The number of fused-ring (bicyclic) bond motifs is 6. The van der Waals surface area contributed by atoms with Crippen molar-refractivity contribution in [1.82, 2.24) is 4.90 Å². The van der Waals surface area contributed by atoms with Crippen LogP contribution in [0.2, 0.25) is 0 Å². The Kier molecular flexibility index (Phi) is 5.91. The van der Waals surface area contributed by atoms with Gasteiger partial charge in [0.15, 0.2) is 0 Å². The van der Waals surface area contributed by atoms with Gasteiger partial charge in [-0.25, -0.2) is 0 Å².